The highest BCUT2D eigenvalue weighted by atomic mass is 32.2. The van der Waals surface area contributed by atoms with E-state index in [1.54, 1.807) is 0 Å². The summed E-state index contributed by atoms with van der Waals surface area (Å²) >= 11 is 0. The molecule has 27 heavy (non-hydrogen) atoms. The SMILES string of the molecule is CCC1CCCCN1C(=O)CCN(c1ccccc1C(C)(C)C)S(C)(=O)=O. The highest BCUT2D eigenvalue weighted by Crippen LogP contribution is 2.33. The van der Waals surface area contributed by atoms with Gasteiger partial charge in [-0.25, -0.2) is 8.42 Å². The summed E-state index contributed by atoms with van der Waals surface area (Å²) in [5.74, 6) is 0.0587. The lowest BCUT2D eigenvalue weighted by molar-refractivity contribution is -0.134. The Labute approximate surface area is 164 Å². The number of para-hydroxylation sites is 1. The van der Waals surface area contributed by atoms with Gasteiger partial charge in [0.1, 0.15) is 0 Å². The molecule has 0 spiro atoms. The van der Waals surface area contributed by atoms with Crippen molar-refractivity contribution in [2.45, 2.75) is 71.3 Å². The molecule has 1 aromatic rings. The van der Waals surface area contributed by atoms with Crippen molar-refractivity contribution in [1.82, 2.24) is 4.90 Å². The topological polar surface area (TPSA) is 57.7 Å². The molecule has 1 fully saturated rings. The number of hydrogen-bond acceptors (Lipinski definition) is 3. The van der Waals surface area contributed by atoms with Crippen molar-refractivity contribution in [3.63, 3.8) is 0 Å². The number of nitrogens with zero attached hydrogens (tertiary/aromatic N) is 2. The molecule has 0 saturated carbocycles. The van der Waals surface area contributed by atoms with Crippen LogP contribution in [0.3, 0.4) is 0 Å². The van der Waals surface area contributed by atoms with Gasteiger partial charge in [-0.1, -0.05) is 45.9 Å². The molecule has 0 aromatic heterocycles. The zero-order chi connectivity index (χ0) is 20.2. The summed E-state index contributed by atoms with van der Waals surface area (Å²) in [5, 5.41) is 0. The van der Waals surface area contributed by atoms with E-state index in [0.29, 0.717) is 11.7 Å². The molecule has 1 heterocycles. The Morgan fingerprint density at radius 3 is 2.48 bits per heavy atom. The summed E-state index contributed by atoms with van der Waals surface area (Å²) in [7, 11) is -3.48. The van der Waals surface area contributed by atoms with Crippen LogP contribution in [0.25, 0.3) is 0 Å². The van der Waals surface area contributed by atoms with E-state index in [-0.39, 0.29) is 24.3 Å². The Kier molecular flexibility index (Phi) is 6.95. The number of piperidine rings is 1. The zero-order valence-corrected chi connectivity index (χ0v) is 18.2. The fourth-order valence-electron chi connectivity index (χ4n) is 3.88. The van der Waals surface area contributed by atoms with Crippen molar-refractivity contribution in [3.8, 4) is 0 Å². The number of amides is 1. The number of likely N-dealkylation sites (tertiary alicyclic amines) is 1. The lowest BCUT2D eigenvalue weighted by atomic mass is 9.86. The molecule has 152 valence electrons. The predicted molar refractivity (Wildman–Crippen MR) is 112 cm³/mol. The first-order valence-corrected chi connectivity index (χ1v) is 11.8. The molecular formula is C21H34N2O3S. The van der Waals surface area contributed by atoms with E-state index in [4.69, 9.17) is 0 Å². The summed E-state index contributed by atoms with van der Waals surface area (Å²) in [6.07, 6.45) is 5.62. The Morgan fingerprint density at radius 2 is 1.89 bits per heavy atom. The predicted octanol–water partition coefficient (Wildman–Crippen LogP) is 3.93. The number of carbonyl (C=O) groups is 1. The average Bonchev–Trinajstić information content (AvgIpc) is 2.60. The normalized spacial score (nSPS) is 18.4. The van der Waals surface area contributed by atoms with Gasteiger partial charge in [0.05, 0.1) is 11.9 Å². The molecule has 6 heteroatoms. The molecule has 1 saturated heterocycles. The van der Waals surface area contributed by atoms with Crippen LogP contribution in [0.15, 0.2) is 24.3 Å². The summed E-state index contributed by atoms with van der Waals surface area (Å²) < 4.78 is 26.4. The van der Waals surface area contributed by atoms with E-state index in [0.717, 1.165) is 37.8 Å². The third kappa shape index (κ3) is 5.47. The van der Waals surface area contributed by atoms with Crippen molar-refractivity contribution in [3.05, 3.63) is 29.8 Å². The first kappa shape index (κ1) is 21.7. The van der Waals surface area contributed by atoms with Crippen molar-refractivity contribution < 1.29 is 13.2 Å². The second-order valence-corrected chi connectivity index (χ2v) is 10.4. The first-order valence-electron chi connectivity index (χ1n) is 9.92. The third-order valence-electron chi connectivity index (χ3n) is 5.33. The van der Waals surface area contributed by atoms with E-state index >= 15 is 0 Å². The van der Waals surface area contributed by atoms with E-state index in [2.05, 4.69) is 27.7 Å². The lowest BCUT2D eigenvalue weighted by Gasteiger charge is -2.36. The first-order chi connectivity index (χ1) is 12.6. The Bertz CT molecular complexity index is 753. The minimum Gasteiger partial charge on any atom is -0.340 e. The molecule has 5 nitrogen and oxygen atoms in total. The highest BCUT2D eigenvalue weighted by Gasteiger charge is 2.29. The second kappa shape index (κ2) is 8.63. The van der Waals surface area contributed by atoms with Crippen LogP contribution >= 0.6 is 0 Å². The fraction of sp³-hybridized carbons (Fsp3) is 0.667. The van der Waals surface area contributed by atoms with Crippen LogP contribution in [0.5, 0.6) is 0 Å². The molecule has 1 aliphatic heterocycles. The Balaban J connectivity index is 2.24. The molecule has 1 unspecified atom stereocenters. The van der Waals surface area contributed by atoms with E-state index in [1.807, 2.05) is 29.2 Å². The Morgan fingerprint density at radius 1 is 1.22 bits per heavy atom. The third-order valence-corrected chi connectivity index (χ3v) is 6.51. The van der Waals surface area contributed by atoms with E-state index < -0.39 is 10.0 Å². The van der Waals surface area contributed by atoms with Crippen molar-refractivity contribution in [1.29, 1.82) is 0 Å². The van der Waals surface area contributed by atoms with Crippen molar-refractivity contribution in [2.24, 2.45) is 0 Å². The maximum Gasteiger partial charge on any atom is 0.232 e. The molecule has 0 N–H and O–H groups in total. The summed E-state index contributed by atoms with van der Waals surface area (Å²) in [6, 6.07) is 7.87. The van der Waals surface area contributed by atoms with Gasteiger partial charge in [0.25, 0.3) is 0 Å². The average molecular weight is 395 g/mol. The second-order valence-electron chi connectivity index (χ2n) is 8.50. The van der Waals surface area contributed by atoms with Crippen LogP contribution in [0.1, 0.15) is 65.4 Å². The molecule has 2 rings (SSSR count). The molecule has 1 amide bonds. The largest absolute Gasteiger partial charge is 0.340 e. The van der Waals surface area contributed by atoms with Crippen LogP contribution in [0, 0.1) is 0 Å². The number of rotatable bonds is 6. The smallest absolute Gasteiger partial charge is 0.232 e. The minimum absolute atomic E-state index is 0.0587. The summed E-state index contributed by atoms with van der Waals surface area (Å²) in [5.41, 5.74) is 1.45. The van der Waals surface area contributed by atoms with Crippen LogP contribution in [-0.2, 0) is 20.2 Å². The quantitative estimate of drug-likeness (QED) is 0.734. The van der Waals surface area contributed by atoms with Crippen LogP contribution in [0.4, 0.5) is 5.69 Å². The molecule has 0 radical (unpaired) electrons. The standard InChI is InChI=1S/C21H34N2O3S/c1-6-17-11-9-10-15-22(17)20(24)14-16-23(27(5,25)26)19-13-8-7-12-18(19)21(2,3)4/h7-8,12-13,17H,6,9-11,14-16H2,1-5H3. The molecule has 1 aromatic carbocycles. The molecule has 0 aliphatic carbocycles. The van der Waals surface area contributed by atoms with Crippen molar-refractivity contribution in [2.75, 3.05) is 23.7 Å². The van der Waals surface area contributed by atoms with Gasteiger partial charge in [-0.15, -0.1) is 0 Å². The number of hydrogen-bond donors (Lipinski definition) is 0. The molecular weight excluding hydrogens is 360 g/mol. The number of carbonyl (C=O) groups excluding carboxylic acids is 1. The minimum atomic E-state index is -3.48. The van der Waals surface area contributed by atoms with Gasteiger partial charge in [-0.3, -0.25) is 9.10 Å². The van der Waals surface area contributed by atoms with Gasteiger partial charge in [0.2, 0.25) is 15.9 Å². The summed E-state index contributed by atoms with van der Waals surface area (Å²) in [4.78, 5) is 14.8. The van der Waals surface area contributed by atoms with E-state index in [9.17, 15) is 13.2 Å². The van der Waals surface area contributed by atoms with Gasteiger partial charge in [0.15, 0.2) is 0 Å². The molecule has 1 aliphatic rings. The number of benzene rings is 1. The number of sulfonamides is 1. The van der Waals surface area contributed by atoms with Crippen molar-refractivity contribution >= 4 is 21.6 Å². The maximum absolute atomic E-state index is 12.8. The number of anilines is 1. The van der Waals surface area contributed by atoms with Gasteiger partial charge in [0, 0.05) is 25.6 Å². The van der Waals surface area contributed by atoms with Crippen LogP contribution in [0.2, 0.25) is 0 Å². The van der Waals surface area contributed by atoms with Crippen LogP contribution in [-0.4, -0.2) is 44.6 Å². The maximum atomic E-state index is 12.8. The zero-order valence-electron chi connectivity index (χ0n) is 17.4. The van der Waals surface area contributed by atoms with Gasteiger partial charge >= 0.3 is 0 Å². The monoisotopic (exact) mass is 394 g/mol. The molecule has 1 atom stereocenters. The van der Waals surface area contributed by atoms with Crippen LogP contribution < -0.4 is 4.31 Å². The fourth-order valence-corrected chi connectivity index (χ4v) is 4.82. The van der Waals surface area contributed by atoms with Gasteiger partial charge in [-0.05, 0) is 42.7 Å². The lowest BCUT2D eigenvalue weighted by Crippen LogP contribution is -2.45. The summed E-state index contributed by atoms with van der Waals surface area (Å²) in [6.45, 7) is 9.27. The Hall–Kier alpha value is -1.56. The van der Waals surface area contributed by atoms with Gasteiger partial charge in [-0.2, -0.15) is 0 Å². The highest BCUT2D eigenvalue weighted by molar-refractivity contribution is 7.92. The molecule has 0 bridgehead atoms. The van der Waals surface area contributed by atoms with E-state index in [1.165, 1.54) is 10.6 Å². The van der Waals surface area contributed by atoms with Gasteiger partial charge < -0.3 is 4.90 Å².